The molecule has 3 rings (SSSR count). The number of anilines is 1. The van der Waals surface area contributed by atoms with Crippen LogP contribution in [-0.4, -0.2) is 50.0 Å². The molecule has 0 aliphatic rings. The number of nitrogens with one attached hydrogen (secondary N) is 1. The summed E-state index contributed by atoms with van der Waals surface area (Å²) in [7, 11) is -3.85. The number of sulfonamides is 1. The quantitative estimate of drug-likeness (QED) is 0.254. The Hall–Kier alpha value is -2.59. The molecule has 3 aromatic carbocycles. The standard InChI is InChI=1S/C29H32BrCl2N3O4S/c1-4-20(2)33-29(37)27(16-21-8-6-5-7-9-21)34(18-22-10-13-24(31)17-26(22)32)28(36)19-35(40(3,38)39)25-14-11-23(30)12-15-25/h5-15,17,20,27H,4,16,18-19H2,1-3H3,(H,33,37)/t20-,27-/m0/s1. The van der Waals surface area contributed by atoms with Gasteiger partial charge in [0.1, 0.15) is 12.6 Å². The number of amides is 2. The van der Waals surface area contributed by atoms with Crippen LogP contribution in [0.25, 0.3) is 0 Å². The number of carbonyl (C=O) groups excluding carboxylic acids is 2. The van der Waals surface area contributed by atoms with Crippen LogP contribution >= 0.6 is 39.1 Å². The Morgan fingerprint density at radius 3 is 2.23 bits per heavy atom. The van der Waals surface area contributed by atoms with E-state index in [1.165, 1.54) is 4.90 Å². The van der Waals surface area contributed by atoms with E-state index in [1.807, 2.05) is 44.2 Å². The van der Waals surface area contributed by atoms with Gasteiger partial charge < -0.3 is 10.2 Å². The summed E-state index contributed by atoms with van der Waals surface area (Å²) >= 11 is 15.9. The Morgan fingerprint density at radius 2 is 1.65 bits per heavy atom. The molecule has 7 nitrogen and oxygen atoms in total. The smallest absolute Gasteiger partial charge is 0.244 e. The van der Waals surface area contributed by atoms with Gasteiger partial charge in [0.2, 0.25) is 21.8 Å². The number of benzene rings is 3. The number of carbonyl (C=O) groups is 2. The van der Waals surface area contributed by atoms with Gasteiger partial charge in [0.25, 0.3) is 0 Å². The molecule has 40 heavy (non-hydrogen) atoms. The van der Waals surface area contributed by atoms with E-state index in [9.17, 15) is 18.0 Å². The van der Waals surface area contributed by atoms with Gasteiger partial charge in [-0.1, -0.05) is 82.5 Å². The first kappa shape index (κ1) is 31.9. The maximum Gasteiger partial charge on any atom is 0.244 e. The molecule has 2 atom stereocenters. The topological polar surface area (TPSA) is 86.8 Å². The highest BCUT2D eigenvalue weighted by Crippen LogP contribution is 2.26. The summed E-state index contributed by atoms with van der Waals surface area (Å²) in [5.41, 5.74) is 1.75. The van der Waals surface area contributed by atoms with Gasteiger partial charge in [-0.05, 0) is 60.9 Å². The summed E-state index contributed by atoms with van der Waals surface area (Å²) in [5.74, 6) is -0.897. The van der Waals surface area contributed by atoms with E-state index >= 15 is 0 Å². The minimum absolute atomic E-state index is 0.0296. The van der Waals surface area contributed by atoms with Gasteiger partial charge in [0.05, 0.1) is 11.9 Å². The molecule has 1 N–H and O–H groups in total. The highest BCUT2D eigenvalue weighted by atomic mass is 79.9. The number of halogens is 3. The minimum atomic E-state index is -3.85. The number of hydrogen-bond acceptors (Lipinski definition) is 4. The van der Waals surface area contributed by atoms with Crippen LogP contribution in [0.5, 0.6) is 0 Å². The highest BCUT2D eigenvalue weighted by molar-refractivity contribution is 9.10. The molecule has 0 saturated carbocycles. The van der Waals surface area contributed by atoms with Gasteiger partial charge in [-0.3, -0.25) is 13.9 Å². The van der Waals surface area contributed by atoms with Gasteiger partial charge in [0.15, 0.2) is 0 Å². The first-order valence-electron chi connectivity index (χ1n) is 12.7. The van der Waals surface area contributed by atoms with Crippen LogP contribution in [0.2, 0.25) is 10.0 Å². The summed E-state index contributed by atoms with van der Waals surface area (Å²) in [6, 6.07) is 19.8. The summed E-state index contributed by atoms with van der Waals surface area (Å²) in [5, 5.41) is 3.76. The average molecular weight is 669 g/mol. The second kappa shape index (κ2) is 14.3. The van der Waals surface area contributed by atoms with Gasteiger partial charge in [-0.2, -0.15) is 0 Å². The van der Waals surface area contributed by atoms with Crippen molar-refractivity contribution in [2.24, 2.45) is 0 Å². The van der Waals surface area contributed by atoms with Crippen molar-refractivity contribution >= 4 is 66.7 Å². The molecule has 214 valence electrons. The lowest BCUT2D eigenvalue weighted by Gasteiger charge is -2.34. The van der Waals surface area contributed by atoms with Crippen LogP contribution in [0.1, 0.15) is 31.4 Å². The largest absolute Gasteiger partial charge is 0.352 e. The molecule has 0 saturated heterocycles. The lowest BCUT2D eigenvalue weighted by Crippen LogP contribution is -2.54. The van der Waals surface area contributed by atoms with Crippen LogP contribution in [0.3, 0.4) is 0 Å². The lowest BCUT2D eigenvalue weighted by molar-refractivity contribution is -0.140. The van der Waals surface area contributed by atoms with Crippen molar-refractivity contribution in [2.45, 2.75) is 45.3 Å². The Balaban J connectivity index is 2.08. The molecule has 0 fully saturated rings. The molecule has 0 bridgehead atoms. The van der Waals surface area contributed by atoms with Crippen molar-refractivity contribution < 1.29 is 18.0 Å². The molecule has 0 radical (unpaired) electrons. The summed E-state index contributed by atoms with van der Waals surface area (Å²) < 4.78 is 27.5. The summed E-state index contributed by atoms with van der Waals surface area (Å²) in [4.78, 5) is 29.2. The summed E-state index contributed by atoms with van der Waals surface area (Å²) in [6.45, 7) is 3.31. The van der Waals surface area contributed by atoms with Crippen LogP contribution < -0.4 is 9.62 Å². The maximum absolute atomic E-state index is 14.1. The van der Waals surface area contributed by atoms with Crippen LogP contribution in [0, 0.1) is 0 Å². The first-order valence-corrected chi connectivity index (χ1v) is 16.1. The zero-order valence-electron chi connectivity index (χ0n) is 22.5. The maximum atomic E-state index is 14.1. The molecule has 0 heterocycles. The molecule has 3 aromatic rings. The predicted molar refractivity (Wildman–Crippen MR) is 165 cm³/mol. The Morgan fingerprint density at radius 1 is 1.00 bits per heavy atom. The SMILES string of the molecule is CC[C@H](C)NC(=O)[C@H](Cc1ccccc1)N(Cc1ccc(Cl)cc1Cl)C(=O)CN(c1ccc(Br)cc1)S(C)(=O)=O. The Bertz CT molecular complexity index is 1420. The van der Waals surface area contributed by atoms with Gasteiger partial charge in [-0.15, -0.1) is 0 Å². The average Bonchev–Trinajstić information content (AvgIpc) is 2.90. The number of nitrogens with zero attached hydrogens (tertiary/aromatic N) is 2. The minimum Gasteiger partial charge on any atom is -0.352 e. The van der Waals surface area contributed by atoms with E-state index in [0.717, 1.165) is 20.6 Å². The fraction of sp³-hybridized carbons (Fsp3) is 0.310. The van der Waals surface area contributed by atoms with E-state index in [2.05, 4.69) is 21.2 Å². The van der Waals surface area contributed by atoms with Crippen molar-refractivity contribution in [1.82, 2.24) is 10.2 Å². The predicted octanol–water partition coefficient (Wildman–Crippen LogP) is 6.08. The molecular weight excluding hydrogens is 637 g/mol. The molecular formula is C29H32BrCl2N3O4S. The molecule has 0 aliphatic heterocycles. The molecule has 0 spiro atoms. The van der Waals surface area contributed by atoms with Crippen LogP contribution in [0.4, 0.5) is 5.69 Å². The molecule has 0 aliphatic carbocycles. The zero-order chi connectivity index (χ0) is 29.4. The summed E-state index contributed by atoms with van der Waals surface area (Å²) in [6.07, 6.45) is 1.96. The third-order valence-electron chi connectivity index (χ3n) is 6.42. The Kier molecular flexibility index (Phi) is 11.5. The van der Waals surface area contributed by atoms with Crippen molar-refractivity contribution in [3.63, 3.8) is 0 Å². The van der Waals surface area contributed by atoms with E-state index in [0.29, 0.717) is 27.7 Å². The molecule has 0 aromatic heterocycles. The third kappa shape index (κ3) is 8.96. The Labute approximate surface area is 254 Å². The van der Waals surface area contributed by atoms with Crippen LogP contribution in [0.15, 0.2) is 77.3 Å². The zero-order valence-corrected chi connectivity index (χ0v) is 26.4. The van der Waals surface area contributed by atoms with E-state index in [-0.39, 0.29) is 24.9 Å². The van der Waals surface area contributed by atoms with Crippen molar-refractivity contribution in [3.05, 3.63) is 98.4 Å². The van der Waals surface area contributed by atoms with E-state index < -0.39 is 28.5 Å². The third-order valence-corrected chi connectivity index (χ3v) is 8.68. The second-order valence-corrected chi connectivity index (χ2v) is 13.2. The molecule has 11 heteroatoms. The fourth-order valence-corrected chi connectivity index (χ4v) is 5.63. The second-order valence-electron chi connectivity index (χ2n) is 9.53. The first-order chi connectivity index (χ1) is 18.9. The fourth-order valence-electron chi connectivity index (χ4n) is 4.05. The number of hydrogen-bond donors (Lipinski definition) is 1. The van der Waals surface area contributed by atoms with E-state index in [1.54, 1.807) is 42.5 Å². The molecule has 0 unspecified atom stereocenters. The van der Waals surface area contributed by atoms with Crippen molar-refractivity contribution in [2.75, 3.05) is 17.1 Å². The lowest BCUT2D eigenvalue weighted by atomic mass is 10.0. The van der Waals surface area contributed by atoms with Crippen LogP contribution in [-0.2, 0) is 32.6 Å². The van der Waals surface area contributed by atoms with Gasteiger partial charge in [0, 0.05) is 33.5 Å². The normalized spacial score (nSPS) is 12.8. The highest BCUT2D eigenvalue weighted by Gasteiger charge is 2.33. The van der Waals surface area contributed by atoms with Gasteiger partial charge >= 0.3 is 0 Å². The van der Waals surface area contributed by atoms with Crippen molar-refractivity contribution in [3.8, 4) is 0 Å². The molecule has 2 amide bonds. The monoisotopic (exact) mass is 667 g/mol. The number of rotatable bonds is 12. The van der Waals surface area contributed by atoms with Gasteiger partial charge in [-0.25, -0.2) is 8.42 Å². The van der Waals surface area contributed by atoms with Crippen molar-refractivity contribution in [1.29, 1.82) is 0 Å². The van der Waals surface area contributed by atoms with E-state index in [4.69, 9.17) is 23.2 Å².